The molecular weight excluding hydrogens is 421 g/mol. The molecule has 3 aromatic heterocycles. The fourth-order valence-electron chi connectivity index (χ4n) is 4.79. The molecule has 0 aromatic carbocycles. The lowest BCUT2D eigenvalue weighted by Crippen LogP contribution is -2.56. The highest BCUT2D eigenvalue weighted by molar-refractivity contribution is 5.63. The molecule has 3 aliphatic carbocycles. The molecule has 4 heterocycles. The Balaban J connectivity index is 0.000000265. The Morgan fingerprint density at radius 1 is 1.19 bits per heavy atom. The van der Waals surface area contributed by atoms with E-state index >= 15 is 0 Å². The fourth-order valence-corrected chi connectivity index (χ4v) is 4.79. The van der Waals surface area contributed by atoms with Crippen molar-refractivity contribution in [2.24, 2.45) is 11.8 Å². The predicted molar refractivity (Wildman–Crippen MR) is 113 cm³/mol. The van der Waals surface area contributed by atoms with Gasteiger partial charge < -0.3 is 15.8 Å². The summed E-state index contributed by atoms with van der Waals surface area (Å²) in [7, 11) is 1.61. The monoisotopic (exact) mass is 446 g/mol. The van der Waals surface area contributed by atoms with E-state index in [-0.39, 0.29) is 22.8 Å². The molecule has 1 aliphatic heterocycles. The molecule has 3 saturated carbocycles. The molecule has 3 N–H and O–H groups in total. The summed E-state index contributed by atoms with van der Waals surface area (Å²) < 4.78 is 46.9. The zero-order chi connectivity index (χ0) is 22.6. The van der Waals surface area contributed by atoms with Gasteiger partial charge in [0.2, 0.25) is 0 Å². The fraction of sp³-hybridized carbons (Fsp3) is 0.500. The molecule has 7 nitrogen and oxygen atoms in total. The van der Waals surface area contributed by atoms with Crippen molar-refractivity contribution in [2.75, 3.05) is 25.9 Å². The van der Waals surface area contributed by atoms with Gasteiger partial charge in [0.15, 0.2) is 23.1 Å². The van der Waals surface area contributed by atoms with E-state index < -0.39 is 17.8 Å². The maximum absolute atomic E-state index is 14.2. The van der Waals surface area contributed by atoms with Gasteiger partial charge in [-0.15, -0.1) is 0 Å². The first-order valence-corrected chi connectivity index (χ1v) is 10.7. The lowest BCUT2D eigenvalue weighted by atomic mass is 9.43. The minimum atomic E-state index is -0.890. The number of nitrogens with zero attached hydrogens (tertiary/aromatic N) is 4. The van der Waals surface area contributed by atoms with E-state index in [2.05, 4.69) is 15.3 Å². The summed E-state index contributed by atoms with van der Waals surface area (Å²) in [6.45, 7) is 3.33. The highest BCUT2D eigenvalue weighted by Gasteiger charge is 2.59. The van der Waals surface area contributed by atoms with Crippen LogP contribution in [0.2, 0.25) is 0 Å². The number of hydrogen-bond acceptors (Lipinski definition) is 6. The second kappa shape index (κ2) is 7.61. The quantitative estimate of drug-likeness (QED) is 0.642. The van der Waals surface area contributed by atoms with Gasteiger partial charge in [-0.3, -0.25) is 0 Å². The summed E-state index contributed by atoms with van der Waals surface area (Å²) in [6.07, 6.45) is 4.16. The first-order chi connectivity index (χ1) is 15.3. The average Bonchev–Trinajstić information content (AvgIpc) is 3.27. The van der Waals surface area contributed by atoms with E-state index in [0.717, 1.165) is 43.5 Å². The summed E-state index contributed by atoms with van der Waals surface area (Å²) in [6, 6.07) is 2.51. The highest BCUT2D eigenvalue weighted by Crippen LogP contribution is 2.66. The average molecular weight is 446 g/mol. The SMILES string of the molecule is CC1CNCC1F.COc1cc2ncc(-c3nc(N)c(F)cc3F)n2nc1C12CC(C1)C2. The van der Waals surface area contributed by atoms with E-state index in [0.29, 0.717) is 23.6 Å². The molecule has 4 fully saturated rings. The van der Waals surface area contributed by atoms with E-state index in [1.165, 1.54) is 10.7 Å². The van der Waals surface area contributed by atoms with E-state index in [9.17, 15) is 13.2 Å². The number of halogens is 3. The number of nitrogens with two attached hydrogens (primary N) is 1. The number of hydrogen-bond donors (Lipinski definition) is 2. The molecule has 2 bridgehead atoms. The van der Waals surface area contributed by atoms with Gasteiger partial charge in [0, 0.05) is 36.6 Å². The minimum Gasteiger partial charge on any atom is -0.495 e. The number of anilines is 1. The first-order valence-electron chi connectivity index (χ1n) is 10.7. The van der Waals surface area contributed by atoms with E-state index in [1.807, 2.05) is 6.92 Å². The van der Waals surface area contributed by atoms with Crippen LogP contribution in [0.3, 0.4) is 0 Å². The van der Waals surface area contributed by atoms with Crippen molar-refractivity contribution in [1.29, 1.82) is 0 Å². The number of aromatic nitrogens is 4. The molecule has 32 heavy (non-hydrogen) atoms. The maximum Gasteiger partial charge on any atom is 0.168 e. The molecule has 1 saturated heterocycles. The number of fused-ring (bicyclic) bond motifs is 1. The molecule has 0 radical (unpaired) electrons. The number of nitrogens with one attached hydrogen (secondary N) is 1. The van der Waals surface area contributed by atoms with Gasteiger partial charge in [-0.05, 0) is 25.2 Å². The van der Waals surface area contributed by atoms with Crippen LogP contribution in [0, 0.1) is 23.5 Å². The number of imidazole rings is 1. The largest absolute Gasteiger partial charge is 0.495 e. The highest BCUT2D eigenvalue weighted by atomic mass is 19.1. The van der Waals surface area contributed by atoms with Crippen LogP contribution in [0.1, 0.15) is 31.9 Å². The standard InChI is InChI=1S/C17H15F2N5O.C5H10FN/c1-25-12-3-13-21-7-11(14-9(18)2-10(19)16(20)22-14)24(13)23-15(12)17-4-8(5-17)6-17;1-4-2-7-3-5(4)6/h2-3,7-8H,4-6H2,1H3,(H2,20,22);4-5,7H,2-3H2,1H3. The number of pyridine rings is 1. The van der Waals surface area contributed by atoms with Crippen molar-refractivity contribution in [3.8, 4) is 17.1 Å². The summed E-state index contributed by atoms with van der Waals surface area (Å²) >= 11 is 0. The number of ether oxygens (including phenoxy) is 1. The smallest absolute Gasteiger partial charge is 0.168 e. The Labute approximate surface area is 183 Å². The van der Waals surface area contributed by atoms with Gasteiger partial charge in [0.1, 0.15) is 29.0 Å². The van der Waals surface area contributed by atoms with Crippen molar-refractivity contribution >= 4 is 11.5 Å². The molecule has 10 heteroatoms. The van der Waals surface area contributed by atoms with E-state index in [1.54, 1.807) is 13.2 Å². The van der Waals surface area contributed by atoms with Crippen LogP contribution < -0.4 is 15.8 Å². The van der Waals surface area contributed by atoms with Crippen LogP contribution in [0.4, 0.5) is 19.0 Å². The second-order valence-electron chi connectivity index (χ2n) is 9.07. The summed E-state index contributed by atoms with van der Waals surface area (Å²) in [5.41, 5.74) is 7.17. The van der Waals surface area contributed by atoms with Crippen molar-refractivity contribution in [2.45, 2.75) is 37.8 Å². The Bertz CT molecular complexity index is 1160. The molecule has 2 unspecified atom stereocenters. The molecule has 3 aromatic rings. The summed E-state index contributed by atoms with van der Waals surface area (Å²) in [4.78, 5) is 8.09. The van der Waals surface area contributed by atoms with Gasteiger partial charge in [-0.25, -0.2) is 27.7 Å². The zero-order valence-corrected chi connectivity index (χ0v) is 17.9. The van der Waals surface area contributed by atoms with Crippen molar-refractivity contribution < 1.29 is 17.9 Å². The number of nitrogen functional groups attached to an aromatic ring is 1. The van der Waals surface area contributed by atoms with Crippen molar-refractivity contribution in [1.82, 2.24) is 24.9 Å². The Kier molecular flexibility index (Phi) is 4.99. The van der Waals surface area contributed by atoms with Gasteiger partial charge in [-0.2, -0.15) is 5.10 Å². The predicted octanol–water partition coefficient (Wildman–Crippen LogP) is 3.28. The van der Waals surface area contributed by atoms with Crippen LogP contribution in [0.15, 0.2) is 18.3 Å². The Hall–Kier alpha value is -2.88. The number of alkyl halides is 1. The molecule has 4 aliphatic rings. The van der Waals surface area contributed by atoms with Crippen LogP contribution in [-0.4, -0.2) is 46.0 Å². The molecule has 0 amide bonds. The lowest BCUT2D eigenvalue weighted by Gasteiger charge is -2.61. The molecule has 7 rings (SSSR count). The van der Waals surface area contributed by atoms with Gasteiger partial charge >= 0.3 is 0 Å². The van der Waals surface area contributed by atoms with Gasteiger partial charge in [0.05, 0.1) is 13.3 Å². The Morgan fingerprint density at radius 2 is 1.94 bits per heavy atom. The zero-order valence-electron chi connectivity index (χ0n) is 17.9. The van der Waals surface area contributed by atoms with Crippen LogP contribution in [-0.2, 0) is 5.41 Å². The maximum atomic E-state index is 14.2. The number of rotatable bonds is 3. The minimum absolute atomic E-state index is 0.0551. The molecule has 0 spiro atoms. The van der Waals surface area contributed by atoms with Crippen LogP contribution in [0.25, 0.3) is 17.0 Å². The summed E-state index contributed by atoms with van der Waals surface area (Å²) in [5.74, 6) is -0.354. The van der Waals surface area contributed by atoms with Crippen LogP contribution >= 0.6 is 0 Å². The Morgan fingerprint density at radius 3 is 2.47 bits per heavy atom. The van der Waals surface area contributed by atoms with Gasteiger partial charge in [0.25, 0.3) is 0 Å². The normalized spacial score (nSPS) is 28.0. The van der Waals surface area contributed by atoms with Crippen molar-refractivity contribution in [3.63, 3.8) is 0 Å². The summed E-state index contributed by atoms with van der Waals surface area (Å²) in [5, 5.41) is 7.64. The molecule has 2 atom stereocenters. The molecular formula is C22H25F3N6O. The second-order valence-corrected chi connectivity index (χ2v) is 9.07. The van der Waals surface area contributed by atoms with Crippen molar-refractivity contribution in [3.05, 3.63) is 35.7 Å². The van der Waals surface area contributed by atoms with Gasteiger partial charge in [-0.1, -0.05) is 6.92 Å². The third-order valence-electron chi connectivity index (χ3n) is 6.84. The first kappa shape index (κ1) is 21.0. The topological polar surface area (TPSA) is 90.4 Å². The number of methoxy groups -OCH3 is 1. The van der Waals surface area contributed by atoms with Crippen LogP contribution in [0.5, 0.6) is 5.75 Å². The third kappa shape index (κ3) is 3.28. The van der Waals surface area contributed by atoms with E-state index in [4.69, 9.17) is 15.6 Å². The third-order valence-corrected chi connectivity index (χ3v) is 6.84. The lowest BCUT2D eigenvalue weighted by molar-refractivity contribution is -0.0333. The molecule has 170 valence electrons.